The van der Waals surface area contributed by atoms with Crippen molar-refractivity contribution in [1.29, 1.82) is 0 Å². The molecule has 0 spiro atoms. The Hall–Kier alpha value is -1.84. The third kappa shape index (κ3) is 2.16. The molecular weight excluding hydrogens is 212 g/mol. The Labute approximate surface area is 100 Å². The largest absolute Gasteiger partial charge is 0.323 e. The van der Waals surface area contributed by atoms with Gasteiger partial charge in [0.05, 0.1) is 0 Å². The van der Waals surface area contributed by atoms with Gasteiger partial charge in [-0.25, -0.2) is 0 Å². The third-order valence-electron chi connectivity index (χ3n) is 3.30. The van der Waals surface area contributed by atoms with E-state index in [0.717, 1.165) is 11.5 Å². The van der Waals surface area contributed by atoms with Gasteiger partial charge in [0.2, 0.25) is 5.95 Å². The zero-order chi connectivity index (χ0) is 11.7. The lowest BCUT2D eigenvalue weighted by molar-refractivity contribution is 0.402. The van der Waals surface area contributed by atoms with Crippen molar-refractivity contribution in [2.45, 2.75) is 32.1 Å². The normalized spacial score (nSPS) is 15.6. The highest BCUT2D eigenvalue weighted by Crippen LogP contribution is 2.34. The van der Waals surface area contributed by atoms with Crippen molar-refractivity contribution in [2.75, 3.05) is 5.32 Å². The molecule has 0 aliphatic heterocycles. The van der Waals surface area contributed by atoms with Crippen LogP contribution in [0.4, 0.5) is 11.6 Å². The van der Waals surface area contributed by atoms with E-state index >= 15 is 0 Å². The molecule has 0 unspecified atom stereocenters. The summed E-state index contributed by atoms with van der Waals surface area (Å²) in [7, 11) is 0. The molecule has 0 bridgehead atoms. The predicted octanol–water partition coefficient (Wildman–Crippen LogP) is 3.12. The second kappa shape index (κ2) is 4.20. The summed E-state index contributed by atoms with van der Waals surface area (Å²) in [5.41, 5.74) is 2.27. The Morgan fingerprint density at radius 1 is 1.24 bits per heavy atom. The van der Waals surface area contributed by atoms with Crippen LogP contribution in [0, 0.1) is 6.92 Å². The Morgan fingerprint density at radius 3 is 2.65 bits per heavy atom. The topological polar surface area (TPSA) is 53.6 Å². The molecule has 1 fully saturated rings. The average Bonchev–Trinajstić information content (AvgIpc) is 2.67. The summed E-state index contributed by atoms with van der Waals surface area (Å²) in [5.74, 6) is 2.28. The fourth-order valence-electron chi connectivity index (χ4n) is 1.96. The molecule has 4 heteroatoms. The van der Waals surface area contributed by atoms with Crippen LogP contribution >= 0.6 is 0 Å². The number of aromatic nitrogens is 3. The van der Waals surface area contributed by atoms with Crippen LogP contribution in [0.15, 0.2) is 24.3 Å². The standard InChI is InChI=1S/C13H16N4/c1-9-5-7-11(8-6-9)14-13-15-12(16-17-13)10-3-2-4-10/h5-8,10H,2-4H2,1H3,(H2,14,15,16,17). The van der Waals surface area contributed by atoms with Crippen molar-refractivity contribution < 1.29 is 0 Å². The van der Waals surface area contributed by atoms with Crippen molar-refractivity contribution >= 4 is 11.6 Å². The minimum Gasteiger partial charge on any atom is -0.323 e. The molecule has 1 aliphatic rings. The van der Waals surface area contributed by atoms with Crippen molar-refractivity contribution in [3.8, 4) is 0 Å². The van der Waals surface area contributed by atoms with Gasteiger partial charge in [0.15, 0.2) is 0 Å². The number of aryl methyl sites for hydroxylation is 1. The first kappa shape index (κ1) is 10.3. The minimum absolute atomic E-state index is 0.594. The van der Waals surface area contributed by atoms with Crippen LogP contribution in [0.3, 0.4) is 0 Å². The minimum atomic E-state index is 0.594. The SMILES string of the molecule is Cc1ccc(Nc2n[nH]c(C3CCC3)n2)cc1. The molecule has 1 aliphatic carbocycles. The quantitative estimate of drug-likeness (QED) is 0.848. The zero-order valence-corrected chi connectivity index (χ0v) is 9.90. The lowest BCUT2D eigenvalue weighted by Crippen LogP contribution is -2.10. The highest BCUT2D eigenvalue weighted by atomic mass is 15.3. The maximum atomic E-state index is 4.47. The summed E-state index contributed by atoms with van der Waals surface area (Å²) in [5, 5.41) is 10.4. The van der Waals surface area contributed by atoms with E-state index in [2.05, 4.69) is 39.6 Å². The molecule has 0 atom stereocenters. The number of H-pyrrole nitrogens is 1. The Balaban J connectivity index is 1.72. The van der Waals surface area contributed by atoms with Gasteiger partial charge in [-0.05, 0) is 31.9 Å². The van der Waals surface area contributed by atoms with Crippen LogP contribution < -0.4 is 5.32 Å². The second-order valence-electron chi connectivity index (χ2n) is 4.66. The Morgan fingerprint density at radius 2 is 2.00 bits per heavy atom. The summed E-state index contributed by atoms with van der Waals surface area (Å²) < 4.78 is 0. The molecule has 1 aromatic heterocycles. The number of aromatic amines is 1. The molecule has 88 valence electrons. The molecular formula is C13H16N4. The molecule has 2 aromatic rings. The van der Waals surface area contributed by atoms with Gasteiger partial charge in [-0.1, -0.05) is 24.1 Å². The van der Waals surface area contributed by atoms with Gasteiger partial charge in [0.25, 0.3) is 0 Å². The van der Waals surface area contributed by atoms with Crippen LogP contribution in [0.25, 0.3) is 0 Å². The first-order chi connectivity index (χ1) is 8.31. The highest BCUT2D eigenvalue weighted by molar-refractivity contribution is 5.53. The summed E-state index contributed by atoms with van der Waals surface area (Å²) >= 11 is 0. The summed E-state index contributed by atoms with van der Waals surface area (Å²) in [6.07, 6.45) is 3.78. The van der Waals surface area contributed by atoms with Gasteiger partial charge in [-0.2, -0.15) is 4.98 Å². The lowest BCUT2D eigenvalue weighted by atomic mass is 9.85. The lowest BCUT2D eigenvalue weighted by Gasteiger charge is -2.22. The third-order valence-corrected chi connectivity index (χ3v) is 3.30. The fraction of sp³-hybridized carbons (Fsp3) is 0.385. The highest BCUT2D eigenvalue weighted by Gasteiger charge is 2.22. The van der Waals surface area contributed by atoms with E-state index in [4.69, 9.17) is 0 Å². The van der Waals surface area contributed by atoms with Gasteiger partial charge < -0.3 is 5.32 Å². The van der Waals surface area contributed by atoms with Crippen LogP contribution in [0.2, 0.25) is 0 Å². The first-order valence-electron chi connectivity index (χ1n) is 6.07. The molecule has 0 amide bonds. The van der Waals surface area contributed by atoms with Crippen LogP contribution in [-0.2, 0) is 0 Å². The van der Waals surface area contributed by atoms with Crippen molar-refractivity contribution in [3.63, 3.8) is 0 Å². The maximum absolute atomic E-state index is 4.47. The van der Waals surface area contributed by atoms with Crippen LogP contribution in [0.1, 0.15) is 36.6 Å². The number of nitrogens with zero attached hydrogens (tertiary/aromatic N) is 2. The Kier molecular flexibility index (Phi) is 2.55. The summed E-state index contributed by atoms with van der Waals surface area (Å²) in [4.78, 5) is 4.47. The van der Waals surface area contributed by atoms with Crippen molar-refractivity contribution in [2.24, 2.45) is 0 Å². The molecule has 17 heavy (non-hydrogen) atoms. The number of benzene rings is 1. The van der Waals surface area contributed by atoms with Crippen molar-refractivity contribution in [3.05, 3.63) is 35.7 Å². The van der Waals surface area contributed by atoms with Gasteiger partial charge in [-0.15, -0.1) is 5.10 Å². The van der Waals surface area contributed by atoms with Gasteiger partial charge >= 0.3 is 0 Å². The average molecular weight is 228 g/mol. The molecule has 0 saturated heterocycles. The maximum Gasteiger partial charge on any atom is 0.246 e. The van der Waals surface area contributed by atoms with E-state index in [1.54, 1.807) is 0 Å². The summed E-state index contributed by atoms with van der Waals surface area (Å²) in [6.45, 7) is 2.07. The van der Waals surface area contributed by atoms with E-state index in [-0.39, 0.29) is 0 Å². The van der Waals surface area contributed by atoms with Gasteiger partial charge in [0, 0.05) is 11.6 Å². The summed E-state index contributed by atoms with van der Waals surface area (Å²) in [6, 6.07) is 8.22. The molecule has 0 radical (unpaired) electrons. The Bertz CT molecular complexity index is 496. The van der Waals surface area contributed by atoms with E-state index in [9.17, 15) is 0 Å². The first-order valence-corrected chi connectivity index (χ1v) is 6.07. The van der Waals surface area contributed by atoms with E-state index < -0.39 is 0 Å². The molecule has 1 saturated carbocycles. The molecule has 4 nitrogen and oxygen atoms in total. The van der Waals surface area contributed by atoms with Crippen molar-refractivity contribution in [1.82, 2.24) is 15.2 Å². The number of nitrogens with one attached hydrogen (secondary N) is 2. The number of anilines is 2. The van der Waals surface area contributed by atoms with E-state index in [1.165, 1.54) is 24.8 Å². The molecule has 1 aromatic carbocycles. The molecule has 2 N–H and O–H groups in total. The molecule has 1 heterocycles. The van der Waals surface area contributed by atoms with E-state index in [0.29, 0.717) is 11.9 Å². The zero-order valence-electron chi connectivity index (χ0n) is 9.90. The van der Waals surface area contributed by atoms with Crippen LogP contribution in [0.5, 0.6) is 0 Å². The van der Waals surface area contributed by atoms with Gasteiger partial charge in [-0.3, -0.25) is 5.10 Å². The fourth-order valence-corrected chi connectivity index (χ4v) is 1.96. The smallest absolute Gasteiger partial charge is 0.246 e. The predicted molar refractivity (Wildman–Crippen MR) is 67.4 cm³/mol. The molecule has 3 rings (SSSR count). The van der Waals surface area contributed by atoms with E-state index in [1.807, 2.05) is 12.1 Å². The van der Waals surface area contributed by atoms with Gasteiger partial charge in [0.1, 0.15) is 5.82 Å². The number of hydrogen-bond acceptors (Lipinski definition) is 3. The number of hydrogen-bond donors (Lipinski definition) is 2. The second-order valence-corrected chi connectivity index (χ2v) is 4.66. The number of rotatable bonds is 3. The van der Waals surface area contributed by atoms with Crippen LogP contribution in [-0.4, -0.2) is 15.2 Å². The monoisotopic (exact) mass is 228 g/mol.